The molecule has 0 radical (unpaired) electrons. The standard InChI is InChI=1S/C21H16ClNO4S/c22-16-10-4-8-14-9-5-11-17(20(14)16)28-13-19(25)27-12-18(24)23-21(26)15-6-2-1-3-7-15/h1-11H,12-13H2,(H,23,24,26). The lowest BCUT2D eigenvalue weighted by atomic mass is 10.1. The van der Waals surface area contributed by atoms with Crippen LogP contribution >= 0.6 is 23.4 Å². The maximum atomic E-state index is 12.0. The first-order chi connectivity index (χ1) is 13.5. The van der Waals surface area contributed by atoms with E-state index in [9.17, 15) is 14.4 Å². The Morgan fingerprint density at radius 3 is 2.39 bits per heavy atom. The Morgan fingerprint density at radius 1 is 0.929 bits per heavy atom. The third-order valence-electron chi connectivity index (χ3n) is 3.81. The number of imide groups is 1. The number of carbonyl (C=O) groups excluding carboxylic acids is 3. The lowest BCUT2D eigenvalue weighted by molar-refractivity contribution is -0.145. The molecule has 2 amide bonds. The summed E-state index contributed by atoms with van der Waals surface area (Å²) in [4.78, 5) is 36.5. The third kappa shape index (κ3) is 5.12. The van der Waals surface area contributed by atoms with Crippen LogP contribution in [0, 0.1) is 0 Å². The van der Waals surface area contributed by atoms with Crippen molar-refractivity contribution in [2.45, 2.75) is 4.90 Å². The molecule has 0 aliphatic rings. The van der Waals surface area contributed by atoms with Crippen LogP contribution in [0.5, 0.6) is 0 Å². The fourth-order valence-corrected chi connectivity index (χ4v) is 3.77. The average molecular weight is 414 g/mol. The highest BCUT2D eigenvalue weighted by Crippen LogP contribution is 2.33. The van der Waals surface area contributed by atoms with Gasteiger partial charge in [0, 0.05) is 20.9 Å². The van der Waals surface area contributed by atoms with E-state index in [1.54, 1.807) is 36.4 Å². The van der Waals surface area contributed by atoms with Gasteiger partial charge >= 0.3 is 5.97 Å². The molecule has 3 aromatic carbocycles. The number of carbonyl (C=O) groups is 3. The van der Waals surface area contributed by atoms with Crippen molar-refractivity contribution in [3.8, 4) is 0 Å². The van der Waals surface area contributed by atoms with Crippen LogP contribution in [-0.2, 0) is 14.3 Å². The van der Waals surface area contributed by atoms with Crippen molar-refractivity contribution in [1.82, 2.24) is 5.32 Å². The molecule has 0 heterocycles. The van der Waals surface area contributed by atoms with Crippen LogP contribution in [0.1, 0.15) is 10.4 Å². The summed E-state index contributed by atoms with van der Waals surface area (Å²) in [5.41, 5.74) is 0.352. The Hall–Kier alpha value is -2.83. The minimum Gasteiger partial charge on any atom is -0.455 e. The van der Waals surface area contributed by atoms with Gasteiger partial charge in [-0.1, -0.05) is 54.1 Å². The number of esters is 1. The van der Waals surface area contributed by atoms with E-state index < -0.39 is 24.4 Å². The summed E-state index contributed by atoms with van der Waals surface area (Å²) in [7, 11) is 0. The molecule has 0 fully saturated rings. The van der Waals surface area contributed by atoms with Gasteiger partial charge in [0.15, 0.2) is 6.61 Å². The van der Waals surface area contributed by atoms with Crippen molar-refractivity contribution >= 4 is 51.9 Å². The fourth-order valence-electron chi connectivity index (χ4n) is 2.53. The molecule has 0 saturated carbocycles. The molecule has 0 aliphatic carbocycles. The molecule has 0 atom stereocenters. The van der Waals surface area contributed by atoms with Gasteiger partial charge in [0.25, 0.3) is 11.8 Å². The Labute approximate surface area is 171 Å². The van der Waals surface area contributed by atoms with E-state index in [0.29, 0.717) is 10.6 Å². The van der Waals surface area contributed by atoms with E-state index in [1.807, 2.05) is 30.3 Å². The number of hydrogen-bond donors (Lipinski definition) is 1. The summed E-state index contributed by atoms with van der Waals surface area (Å²) in [6.07, 6.45) is 0. The normalized spacial score (nSPS) is 10.5. The molecule has 7 heteroatoms. The first kappa shape index (κ1) is 19.9. The van der Waals surface area contributed by atoms with Crippen molar-refractivity contribution in [3.63, 3.8) is 0 Å². The lowest BCUT2D eigenvalue weighted by Crippen LogP contribution is -2.34. The Kier molecular flexibility index (Phi) is 6.68. The van der Waals surface area contributed by atoms with E-state index in [4.69, 9.17) is 16.3 Å². The highest BCUT2D eigenvalue weighted by Gasteiger charge is 2.13. The summed E-state index contributed by atoms with van der Waals surface area (Å²) in [5.74, 6) is -1.76. The van der Waals surface area contributed by atoms with Gasteiger partial charge in [0.2, 0.25) is 0 Å². The summed E-state index contributed by atoms with van der Waals surface area (Å²) in [5, 5.41) is 4.63. The number of amides is 2. The van der Waals surface area contributed by atoms with E-state index in [2.05, 4.69) is 5.32 Å². The first-order valence-corrected chi connectivity index (χ1v) is 9.76. The van der Waals surface area contributed by atoms with Crippen molar-refractivity contribution in [2.24, 2.45) is 0 Å². The molecule has 0 unspecified atom stereocenters. The number of benzene rings is 3. The van der Waals surface area contributed by atoms with Gasteiger partial charge in [-0.2, -0.15) is 0 Å². The molecule has 142 valence electrons. The summed E-state index contributed by atoms with van der Waals surface area (Å²) in [6.45, 7) is -0.520. The van der Waals surface area contributed by atoms with E-state index in [-0.39, 0.29) is 5.75 Å². The Balaban J connectivity index is 1.50. The molecule has 0 saturated heterocycles. The molecule has 3 aromatic rings. The maximum Gasteiger partial charge on any atom is 0.316 e. The first-order valence-electron chi connectivity index (χ1n) is 8.39. The van der Waals surface area contributed by atoms with Crippen molar-refractivity contribution < 1.29 is 19.1 Å². The number of halogens is 1. The second-order valence-electron chi connectivity index (χ2n) is 5.79. The van der Waals surface area contributed by atoms with Crippen LogP contribution in [0.3, 0.4) is 0 Å². The predicted octanol–water partition coefficient (Wildman–Crippen LogP) is 4.09. The molecule has 0 aliphatic heterocycles. The highest BCUT2D eigenvalue weighted by atomic mass is 35.5. The van der Waals surface area contributed by atoms with Gasteiger partial charge < -0.3 is 4.74 Å². The van der Waals surface area contributed by atoms with Crippen LogP contribution in [0.25, 0.3) is 10.8 Å². The molecule has 28 heavy (non-hydrogen) atoms. The van der Waals surface area contributed by atoms with E-state index in [1.165, 1.54) is 11.8 Å². The molecule has 0 spiro atoms. The van der Waals surface area contributed by atoms with Crippen LogP contribution in [-0.4, -0.2) is 30.1 Å². The fraction of sp³-hybridized carbons (Fsp3) is 0.0952. The molecular weight excluding hydrogens is 398 g/mol. The minimum absolute atomic E-state index is 0.0181. The third-order valence-corrected chi connectivity index (χ3v) is 5.16. The summed E-state index contributed by atoms with van der Waals surface area (Å²) >= 11 is 7.54. The average Bonchev–Trinajstić information content (AvgIpc) is 2.71. The lowest BCUT2D eigenvalue weighted by Gasteiger charge is -2.08. The van der Waals surface area contributed by atoms with Gasteiger partial charge in [-0.25, -0.2) is 0 Å². The Bertz CT molecular complexity index is 1020. The number of hydrogen-bond acceptors (Lipinski definition) is 5. The number of ether oxygens (including phenoxy) is 1. The van der Waals surface area contributed by atoms with Gasteiger partial charge in [0.05, 0.1) is 5.75 Å². The monoisotopic (exact) mass is 413 g/mol. The zero-order chi connectivity index (χ0) is 19.9. The zero-order valence-corrected chi connectivity index (χ0v) is 16.3. The molecule has 1 N–H and O–H groups in total. The molecule has 0 aromatic heterocycles. The number of nitrogens with one attached hydrogen (secondary N) is 1. The summed E-state index contributed by atoms with van der Waals surface area (Å²) in [6, 6.07) is 19.6. The minimum atomic E-state index is -0.680. The second kappa shape index (κ2) is 9.39. The molecule has 3 rings (SSSR count). The highest BCUT2D eigenvalue weighted by molar-refractivity contribution is 8.00. The largest absolute Gasteiger partial charge is 0.455 e. The van der Waals surface area contributed by atoms with Crippen LogP contribution in [0.2, 0.25) is 5.02 Å². The van der Waals surface area contributed by atoms with Gasteiger partial charge in [-0.05, 0) is 29.7 Å². The SMILES string of the molecule is O=C(COC(=O)CSc1cccc2cccc(Cl)c12)NC(=O)c1ccccc1. The molecule has 0 bridgehead atoms. The van der Waals surface area contributed by atoms with E-state index >= 15 is 0 Å². The molecular formula is C21H16ClNO4S. The van der Waals surface area contributed by atoms with Gasteiger partial charge in [0.1, 0.15) is 0 Å². The quantitative estimate of drug-likeness (QED) is 0.487. The second-order valence-corrected chi connectivity index (χ2v) is 7.21. The van der Waals surface area contributed by atoms with Crippen LogP contribution in [0.15, 0.2) is 71.6 Å². The van der Waals surface area contributed by atoms with E-state index in [0.717, 1.165) is 15.7 Å². The van der Waals surface area contributed by atoms with Crippen molar-refractivity contribution in [3.05, 3.63) is 77.3 Å². The van der Waals surface area contributed by atoms with Gasteiger partial charge in [-0.15, -0.1) is 11.8 Å². The van der Waals surface area contributed by atoms with Gasteiger partial charge in [-0.3, -0.25) is 19.7 Å². The van der Waals surface area contributed by atoms with Crippen LogP contribution < -0.4 is 5.32 Å². The molecule has 5 nitrogen and oxygen atoms in total. The number of thioether (sulfide) groups is 1. The summed E-state index contributed by atoms with van der Waals surface area (Å²) < 4.78 is 4.95. The Morgan fingerprint density at radius 2 is 1.64 bits per heavy atom. The number of rotatable bonds is 6. The van der Waals surface area contributed by atoms with Crippen molar-refractivity contribution in [1.29, 1.82) is 0 Å². The maximum absolute atomic E-state index is 12.0. The van der Waals surface area contributed by atoms with Crippen molar-refractivity contribution in [2.75, 3.05) is 12.4 Å². The topological polar surface area (TPSA) is 72.5 Å². The zero-order valence-electron chi connectivity index (χ0n) is 14.7. The number of fused-ring (bicyclic) bond motifs is 1. The predicted molar refractivity (Wildman–Crippen MR) is 110 cm³/mol. The van der Waals surface area contributed by atoms with Crippen LogP contribution in [0.4, 0.5) is 0 Å². The smallest absolute Gasteiger partial charge is 0.316 e.